The fraction of sp³-hybridized carbons (Fsp3) is 0.227. The van der Waals surface area contributed by atoms with E-state index in [2.05, 4.69) is 5.32 Å². The van der Waals surface area contributed by atoms with E-state index < -0.39 is 6.04 Å². The van der Waals surface area contributed by atoms with Crippen LogP contribution in [0.3, 0.4) is 0 Å². The number of phenolic OH excluding ortho intramolecular Hbond substituents is 1. The molecule has 1 aliphatic carbocycles. The zero-order valence-electron chi connectivity index (χ0n) is 15.5. The Kier molecular flexibility index (Phi) is 3.79. The maximum Gasteiger partial charge on any atom is 0.226 e. The van der Waals surface area contributed by atoms with Crippen LogP contribution in [0.2, 0.25) is 0 Å². The zero-order chi connectivity index (χ0) is 19.3. The molecular formula is C22H20N4O2. The minimum atomic E-state index is -0.391. The van der Waals surface area contributed by atoms with Crippen molar-refractivity contribution in [2.24, 2.45) is 0 Å². The summed E-state index contributed by atoms with van der Waals surface area (Å²) >= 11 is 0. The number of phenols is 1. The Bertz CT molecular complexity index is 1110. The predicted molar refractivity (Wildman–Crippen MR) is 106 cm³/mol. The highest BCUT2D eigenvalue weighted by atomic mass is 16.3. The molecule has 0 spiro atoms. The van der Waals surface area contributed by atoms with Gasteiger partial charge in [-0.3, -0.25) is 4.79 Å². The lowest BCUT2D eigenvalue weighted by Gasteiger charge is -2.32. The minimum Gasteiger partial charge on any atom is -0.508 e. The van der Waals surface area contributed by atoms with E-state index in [-0.39, 0.29) is 11.5 Å². The van der Waals surface area contributed by atoms with E-state index in [1.165, 1.54) is 5.56 Å². The number of hydrogen-bond donors (Lipinski definition) is 2. The van der Waals surface area contributed by atoms with Gasteiger partial charge in [-0.05, 0) is 37.5 Å². The van der Waals surface area contributed by atoms with Crippen LogP contribution in [0.5, 0.6) is 5.75 Å². The van der Waals surface area contributed by atoms with Crippen LogP contribution in [0.1, 0.15) is 36.4 Å². The number of aryl methyl sites for hydroxylation is 1. The van der Waals surface area contributed by atoms with Crippen LogP contribution in [-0.4, -0.2) is 25.7 Å². The van der Waals surface area contributed by atoms with Crippen LogP contribution >= 0.6 is 0 Å². The molecule has 2 aromatic carbocycles. The summed E-state index contributed by atoms with van der Waals surface area (Å²) in [5.41, 5.74) is 4.56. The van der Waals surface area contributed by atoms with E-state index in [1.54, 1.807) is 22.9 Å². The molecule has 5 rings (SSSR count). The molecular weight excluding hydrogens is 352 g/mol. The van der Waals surface area contributed by atoms with Crippen molar-refractivity contribution >= 4 is 11.7 Å². The Morgan fingerprint density at radius 1 is 1.14 bits per heavy atom. The number of nitrogens with one attached hydrogen (secondary N) is 1. The van der Waals surface area contributed by atoms with E-state index in [0.29, 0.717) is 18.2 Å². The zero-order valence-corrected chi connectivity index (χ0v) is 15.5. The van der Waals surface area contributed by atoms with Gasteiger partial charge in [-0.15, -0.1) is 5.10 Å². The van der Waals surface area contributed by atoms with Crippen molar-refractivity contribution in [3.8, 4) is 17.1 Å². The Hall–Kier alpha value is -3.41. The first-order valence-corrected chi connectivity index (χ1v) is 9.46. The molecule has 28 heavy (non-hydrogen) atoms. The van der Waals surface area contributed by atoms with Gasteiger partial charge in [-0.2, -0.15) is 4.98 Å². The molecule has 0 fully saturated rings. The molecule has 0 saturated carbocycles. The summed E-state index contributed by atoms with van der Waals surface area (Å²) in [7, 11) is 0. The third-order valence-electron chi connectivity index (χ3n) is 5.36. The monoisotopic (exact) mass is 372 g/mol. The number of ketones is 1. The molecule has 0 amide bonds. The van der Waals surface area contributed by atoms with E-state index in [4.69, 9.17) is 10.1 Å². The molecule has 2 heterocycles. The Morgan fingerprint density at radius 2 is 1.96 bits per heavy atom. The van der Waals surface area contributed by atoms with Gasteiger partial charge in [0.15, 0.2) is 11.6 Å². The van der Waals surface area contributed by atoms with Gasteiger partial charge in [0.1, 0.15) is 11.8 Å². The maximum absolute atomic E-state index is 12.8. The highest BCUT2D eigenvalue weighted by Crippen LogP contribution is 2.41. The number of aromatic hydroxyl groups is 1. The number of nitrogens with zero attached hydrogens (tertiary/aromatic N) is 3. The fourth-order valence-corrected chi connectivity index (χ4v) is 3.98. The van der Waals surface area contributed by atoms with Crippen molar-refractivity contribution in [1.29, 1.82) is 0 Å². The van der Waals surface area contributed by atoms with E-state index >= 15 is 0 Å². The number of carbonyl (C=O) groups excluding carboxylic acids is 1. The molecule has 1 aliphatic heterocycles. The molecule has 0 bridgehead atoms. The maximum atomic E-state index is 12.8. The van der Waals surface area contributed by atoms with Crippen LogP contribution < -0.4 is 5.32 Å². The summed E-state index contributed by atoms with van der Waals surface area (Å²) in [6.07, 6.45) is 2.17. The first-order valence-electron chi connectivity index (χ1n) is 9.46. The van der Waals surface area contributed by atoms with Crippen LogP contribution in [0, 0.1) is 6.92 Å². The smallest absolute Gasteiger partial charge is 0.226 e. The number of Topliss-reactive ketones (excluding diaryl/α,β-unsaturated/α-hetero) is 1. The van der Waals surface area contributed by atoms with Gasteiger partial charge in [-0.1, -0.05) is 42.0 Å². The number of allylic oxidation sites excluding steroid dienone is 2. The molecule has 0 radical (unpaired) electrons. The van der Waals surface area contributed by atoms with Crippen molar-refractivity contribution in [1.82, 2.24) is 14.8 Å². The molecule has 1 unspecified atom stereocenters. The molecule has 2 N–H and O–H groups in total. The lowest BCUT2D eigenvalue weighted by molar-refractivity contribution is -0.116. The normalized spacial score (nSPS) is 18.5. The highest BCUT2D eigenvalue weighted by molar-refractivity contribution is 5.99. The van der Waals surface area contributed by atoms with Crippen LogP contribution in [0.25, 0.3) is 11.4 Å². The summed E-state index contributed by atoms with van der Waals surface area (Å²) in [6, 6.07) is 14.7. The third kappa shape index (κ3) is 2.69. The predicted octanol–water partition coefficient (Wildman–Crippen LogP) is 3.98. The largest absolute Gasteiger partial charge is 0.508 e. The van der Waals surface area contributed by atoms with E-state index in [1.807, 2.05) is 37.3 Å². The molecule has 6 heteroatoms. The topological polar surface area (TPSA) is 80.0 Å². The summed E-state index contributed by atoms with van der Waals surface area (Å²) in [4.78, 5) is 17.5. The molecule has 6 nitrogen and oxygen atoms in total. The highest BCUT2D eigenvalue weighted by Gasteiger charge is 2.37. The second-order valence-corrected chi connectivity index (χ2v) is 7.36. The Labute approximate surface area is 162 Å². The van der Waals surface area contributed by atoms with Crippen LogP contribution in [-0.2, 0) is 4.79 Å². The number of hydrogen-bond acceptors (Lipinski definition) is 5. The first-order chi connectivity index (χ1) is 13.6. The molecule has 140 valence electrons. The number of anilines is 1. The van der Waals surface area contributed by atoms with Gasteiger partial charge >= 0.3 is 0 Å². The minimum absolute atomic E-state index is 0.125. The number of aromatic nitrogens is 3. The van der Waals surface area contributed by atoms with E-state index in [9.17, 15) is 9.90 Å². The second kappa shape index (κ2) is 6.34. The molecule has 2 aliphatic rings. The standard InChI is InChI=1S/C22H20N4O2/c1-13-8-10-14(11-9-13)21-24-22-23-17-6-3-7-18(28)19(17)20(26(22)25-21)15-4-2-5-16(27)12-15/h2,4-5,8-12,20,27H,3,6-7H2,1H3,(H,23,24,25). The molecule has 1 atom stereocenters. The number of benzene rings is 2. The van der Waals surface area contributed by atoms with Gasteiger partial charge in [0, 0.05) is 23.3 Å². The summed E-state index contributed by atoms with van der Waals surface area (Å²) in [5.74, 6) is 1.53. The summed E-state index contributed by atoms with van der Waals surface area (Å²) < 4.78 is 1.77. The van der Waals surface area contributed by atoms with Crippen molar-refractivity contribution in [2.75, 3.05) is 5.32 Å². The van der Waals surface area contributed by atoms with Crippen molar-refractivity contribution in [3.05, 3.63) is 70.9 Å². The average molecular weight is 372 g/mol. The number of fused-ring (bicyclic) bond motifs is 1. The molecule has 1 aromatic heterocycles. The van der Waals surface area contributed by atoms with Crippen molar-refractivity contribution in [2.45, 2.75) is 32.2 Å². The summed E-state index contributed by atoms with van der Waals surface area (Å²) in [5, 5.41) is 18.1. The summed E-state index contributed by atoms with van der Waals surface area (Å²) in [6.45, 7) is 2.04. The van der Waals surface area contributed by atoms with Crippen molar-refractivity contribution < 1.29 is 9.90 Å². The van der Waals surface area contributed by atoms with Gasteiger partial charge in [-0.25, -0.2) is 4.68 Å². The third-order valence-corrected chi connectivity index (χ3v) is 5.36. The molecule has 0 saturated heterocycles. The lowest BCUT2D eigenvalue weighted by Crippen LogP contribution is -2.31. The van der Waals surface area contributed by atoms with Gasteiger partial charge in [0.05, 0.1) is 0 Å². The van der Waals surface area contributed by atoms with Gasteiger partial charge in [0.2, 0.25) is 5.95 Å². The van der Waals surface area contributed by atoms with Crippen LogP contribution in [0.4, 0.5) is 5.95 Å². The average Bonchev–Trinajstić information content (AvgIpc) is 3.10. The first kappa shape index (κ1) is 16.7. The fourth-order valence-electron chi connectivity index (χ4n) is 3.98. The number of rotatable bonds is 2. The Balaban J connectivity index is 1.68. The van der Waals surface area contributed by atoms with Crippen LogP contribution in [0.15, 0.2) is 59.8 Å². The van der Waals surface area contributed by atoms with Gasteiger partial charge in [0.25, 0.3) is 0 Å². The van der Waals surface area contributed by atoms with Crippen molar-refractivity contribution in [3.63, 3.8) is 0 Å². The second-order valence-electron chi connectivity index (χ2n) is 7.36. The quantitative estimate of drug-likeness (QED) is 0.711. The molecule has 3 aromatic rings. The lowest BCUT2D eigenvalue weighted by atomic mass is 9.85. The van der Waals surface area contributed by atoms with Gasteiger partial charge < -0.3 is 10.4 Å². The van der Waals surface area contributed by atoms with E-state index in [0.717, 1.165) is 35.2 Å². The SMILES string of the molecule is Cc1ccc(-c2nc3n(n2)C(c2cccc(O)c2)C2=C(CCCC2=O)N3)cc1. The number of carbonyl (C=O) groups is 1. The Morgan fingerprint density at radius 3 is 2.75 bits per heavy atom.